The molecule has 0 saturated carbocycles. The van der Waals surface area contributed by atoms with Gasteiger partial charge in [0.2, 0.25) is 0 Å². The summed E-state index contributed by atoms with van der Waals surface area (Å²) in [7, 11) is 0. The normalized spacial score (nSPS) is 10.3. The van der Waals surface area contributed by atoms with Crippen molar-refractivity contribution in [3.63, 3.8) is 0 Å². The third kappa shape index (κ3) is 3.03. The van der Waals surface area contributed by atoms with Crippen molar-refractivity contribution in [3.05, 3.63) is 28.2 Å². The second-order valence-corrected chi connectivity index (χ2v) is 4.25. The van der Waals surface area contributed by atoms with Crippen LogP contribution in [0.4, 0.5) is 5.69 Å². The molecular formula is C10H12BrNO2. The van der Waals surface area contributed by atoms with E-state index >= 15 is 0 Å². The average Bonchev–Trinajstić information content (AvgIpc) is 2.01. The van der Waals surface area contributed by atoms with Gasteiger partial charge in [0, 0.05) is 16.2 Å². The highest BCUT2D eigenvalue weighted by atomic mass is 79.9. The minimum Gasteiger partial charge on any atom is -0.478 e. The first-order valence-electron chi connectivity index (χ1n) is 4.29. The molecule has 2 N–H and O–H groups in total. The Labute approximate surface area is 91.3 Å². The van der Waals surface area contributed by atoms with Crippen molar-refractivity contribution in [1.82, 2.24) is 0 Å². The molecule has 14 heavy (non-hydrogen) atoms. The lowest BCUT2D eigenvalue weighted by atomic mass is 10.2. The van der Waals surface area contributed by atoms with Crippen LogP contribution in [0.5, 0.6) is 0 Å². The van der Waals surface area contributed by atoms with Gasteiger partial charge in [-0.25, -0.2) is 4.79 Å². The third-order valence-corrected chi connectivity index (χ3v) is 2.06. The Balaban J connectivity index is 3.01. The zero-order valence-electron chi connectivity index (χ0n) is 8.04. The number of hydrogen-bond donors (Lipinski definition) is 2. The second kappa shape index (κ2) is 4.46. The van der Waals surface area contributed by atoms with Gasteiger partial charge in [0.1, 0.15) is 0 Å². The van der Waals surface area contributed by atoms with Crippen molar-refractivity contribution < 1.29 is 9.90 Å². The number of aromatic carboxylic acids is 1. The van der Waals surface area contributed by atoms with Gasteiger partial charge in [-0.05, 0) is 32.0 Å². The van der Waals surface area contributed by atoms with Crippen LogP contribution < -0.4 is 5.32 Å². The molecule has 0 aliphatic carbocycles. The fraction of sp³-hybridized carbons (Fsp3) is 0.300. The summed E-state index contributed by atoms with van der Waals surface area (Å²) in [6.45, 7) is 4.00. The first-order valence-corrected chi connectivity index (χ1v) is 5.09. The Morgan fingerprint density at radius 1 is 1.43 bits per heavy atom. The molecule has 0 atom stereocenters. The molecule has 0 saturated heterocycles. The van der Waals surface area contributed by atoms with E-state index in [0.29, 0.717) is 0 Å². The first-order chi connectivity index (χ1) is 6.49. The van der Waals surface area contributed by atoms with Crippen molar-refractivity contribution in [2.45, 2.75) is 19.9 Å². The van der Waals surface area contributed by atoms with Gasteiger partial charge in [-0.15, -0.1) is 0 Å². The summed E-state index contributed by atoms with van der Waals surface area (Å²) in [5.74, 6) is -0.918. The maximum atomic E-state index is 10.7. The lowest BCUT2D eigenvalue weighted by molar-refractivity contribution is 0.0697. The van der Waals surface area contributed by atoms with E-state index in [1.54, 1.807) is 12.1 Å². The summed E-state index contributed by atoms with van der Waals surface area (Å²) >= 11 is 3.27. The highest BCUT2D eigenvalue weighted by Crippen LogP contribution is 2.20. The van der Waals surface area contributed by atoms with Gasteiger partial charge < -0.3 is 10.4 Å². The molecule has 0 aromatic heterocycles. The number of nitrogens with one attached hydrogen (secondary N) is 1. The van der Waals surface area contributed by atoms with Crippen LogP contribution in [0.2, 0.25) is 0 Å². The summed E-state index contributed by atoms with van der Waals surface area (Å²) in [5, 5.41) is 12.0. The van der Waals surface area contributed by atoms with Crippen LogP contribution in [0, 0.1) is 0 Å². The molecule has 1 aromatic rings. The Kier molecular flexibility index (Phi) is 3.52. The Bertz CT molecular complexity index is 350. The van der Waals surface area contributed by atoms with E-state index in [1.165, 1.54) is 0 Å². The van der Waals surface area contributed by atoms with Crippen molar-refractivity contribution in [1.29, 1.82) is 0 Å². The molecule has 3 nitrogen and oxygen atoms in total. The van der Waals surface area contributed by atoms with E-state index in [2.05, 4.69) is 21.2 Å². The molecule has 0 heterocycles. The van der Waals surface area contributed by atoms with Crippen LogP contribution in [-0.4, -0.2) is 17.1 Å². The summed E-state index contributed by atoms with van der Waals surface area (Å²) in [4.78, 5) is 10.7. The van der Waals surface area contributed by atoms with Gasteiger partial charge >= 0.3 is 5.97 Å². The molecular weight excluding hydrogens is 246 g/mol. The van der Waals surface area contributed by atoms with Crippen molar-refractivity contribution in [2.75, 3.05) is 5.32 Å². The largest absolute Gasteiger partial charge is 0.478 e. The van der Waals surface area contributed by atoms with Gasteiger partial charge in [-0.3, -0.25) is 0 Å². The zero-order chi connectivity index (χ0) is 10.7. The van der Waals surface area contributed by atoms with E-state index in [0.717, 1.165) is 10.2 Å². The van der Waals surface area contributed by atoms with E-state index in [9.17, 15) is 4.79 Å². The van der Waals surface area contributed by atoms with Gasteiger partial charge in [0.05, 0.1) is 5.56 Å². The lowest BCUT2D eigenvalue weighted by Crippen LogP contribution is -2.10. The van der Waals surface area contributed by atoms with Crippen molar-refractivity contribution in [2.24, 2.45) is 0 Å². The fourth-order valence-corrected chi connectivity index (χ4v) is 1.62. The third-order valence-electron chi connectivity index (χ3n) is 1.60. The SMILES string of the molecule is CC(C)Nc1cc(Br)cc(C(=O)O)c1. The molecule has 0 aliphatic rings. The zero-order valence-corrected chi connectivity index (χ0v) is 9.63. The van der Waals surface area contributed by atoms with Gasteiger partial charge in [-0.1, -0.05) is 15.9 Å². The molecule has 0 radical (unpaired) electrons. The molecule has 0 unspecified atom stereocenters. The van der Waals surface area contributed by atoms with Crippen LogP contribution in [0.25, 0.3) is 0 Å². The standard InChI is InChI=1S/C10H12BrNO2/c1-6(2)12-9-4-7(10(13)14)3-8(11)5-9/h3-6,12H,1-2H3,(H,13,14). The van der Waals surface area contributed by atoms with Gasteiger partial charge in [-0.2, -0.15) is 0 Å². The van der Waals surface area contributed by atoms with Crippen LogP contribution in [0.3, 0.4) is 0 Å². The van der Waals surface area contributed by atoms with Gasteiger partial charge in [0.15, 0.2) is 0 Å². The molecule has 1 rings (SSSR count). The maximum absolute atomic E-state index is 10.7. The van der Waals surface area contributed by atoms with E-state index in [-0.39, 0.29) is 11.6 Å². The number of carboxylic acid groups (broad SMARTS) is 1. The summed E-state index contributed by atoms with van der Waals surface area (Å²) in [6, 6.07) is 5.33. The molecule has 4 heteroatoms. The van der Waals surface area contributed by atoms with Crippen molar-refractivity contribution >= 4 is 27.6 Å². The highest BCUT2D eigenvalue weighted by molar-refractivity contribution is 9.10. The summed E-state index contributed by atoms with van der Waals surface area (Å²) in [5.41, 5.74) is 1.09. The van der Waals surface area contributed by atoms with E-state index in [1.807, 2.05) is 19.9 Å². The second-order valence-electron chi connectivity index (χ2n) is 3.33. The Morgan fingerprint density at radius 2 is 2.07 bits per heavy atom. The molecule has 0 fully saturated rings. The molecule has 76 valence electrons. The quantitative estimate of drug-likeness (QED) is 0.876. The number of anilines is 1. The first kappa shape index (κ1) is 11.0. The molecule has 1 aromatic carbocycles. The monoisotopic (exact) mass is 257 g/mol. The lowest BCUT2D eigenvalue weighted by Gasteiger charge is -2.10. The number of carboxylic acids is 1. The van der Waals surface area contributed by atoms with Crippen LogP contribution in [0.1, 0.15) is 24.2 Å². The predicted molar refractivity (Wildman–Crippen MR) is 59.9 cm³/mol. The number of benzene rings is 1. The Morgan fingerprint density at radius 3 is 2.57 bits per heavy atom. The van der Waals surface area contributed by atoms with Crippen LogP contribution >= 0.6 is 15.9 Å². The smallest absolute Gasteiger partial charge is 0.335 e. The fourth-order valence-electron chi connectivity index (χ4n) is 1.13. The molecule has 0 bridgehead atoms. The topological polar surface area (TPSA) is 49.3 Å². The van der Waals surface area contributed by atoms with E-state index in [4.69, 9.17) is 5.11 Å². The number of rotatable bonds is 3. The molecule has 0 spiro atoms. The number of carbonyl (C=O) groups is 1. The minimum absolute atomic E-state index is 0.280. The van der Waals surface area contributed by atoms with Gasteiger partial charge in [0.25, 0.3) is 0 Å². The number of hydrogen-bond acceptors (Lipinski definition) is 2. The number of halogens is 1. The molecule has 0 aliphatic heterocycles. The molecule has 0 amide bonds. The van der Waals surface area contributed by atoms with Crippen molar-refractivity contribution in [3.8, 4) is 0 Å². The minimum atomic E-state index is -0.918. The summed E-state index contributed by atoms with van der Waals surface area (Å²) < 4.78 is 0.764. The summed E-state index contributed by atoms with van der Waals surface area (Å²) in [6.07, 6.45) is 0. The van der Waals surface area contributed by atoms with Crippen LogP contribution in [0.15, 0.2) is 22.7 Å². The average molecular weight is 258 g/mol. The maximum Gasteiger partial charge on any atom is 0.335 e. The van der Waals surface area contributed by atoms with E-state index < -0.39 is 5.97 Å². The Hall–Kier alpha value is -1.03. The predicted octanol–water partition coefficient (Wildman–Crippen LogP) is 2.97. The van der Waals surface area contributed by atoms with Crippen LogP contribution in [-0.2, 0) is 0 Å². The highest BCUT2D eigenvalue weighted by Gasteiger charge is 2.06.